The molecule has 0 fully saturated rings. The molecule has 2 aromatic carbocycles. The molecule has 0 aliphatic heterocycles. The van der Waals surface area contributed by atoms with Crippen molar-refractivity contribution in [3.63, 3.8) is 0 Å². The molecule has 1 aromatic heterocycles. The van der Waals surface area contributed by atoms with Crippen LogP contribution in [0.1, 0.15) is 24.9 Å². The maximum atomic E-state index is 6.02. The average Bonchev–Trinajstić information content (AvgIpc) is 2.83. The Bertz CT molecular complexity index is 688. The van der Waals surface area contributed by atoms with Gasteiger partial charge in [0, 0.05) is 16.6 Å². The number of fused-ring (bicyclic) bond motifs is 1. The fraction of sp³-hybridized carbons (Fsp3) is 0.188. The van der Waals surface area contributed by atoms with E-state index in [-0.39, 0.29) is 6.04 Å². The highest BCUT2D eigenvalue weighted by molar-refractivity contribution is 6.31. The van der Waals surface area contributed by atoms with Crippen molar-refractivity contribution in [2.75, 3.05) is 0 Å². The van der Waals surface area contributed by atoms with Crippen molar-refractivity contribution in [3.8, 4) is 0 Å². The number of benzene rings is 2. The second-order valence-electron chi connectivity index (χ2n) is 4.65. The summed E-state index contributed by atoms with van der Waals surface area (Å²) in [5.74, 6) is 0. The maximum absolute atomic E-state index is 6.02. The topological polar surface area (TPSA) is 17.8 Å². The molecule has 0 saturated carbocycles. The van der Waals surface area contributed by atoms with Gasteiger partial charge in [-0.25, -0.2) is 0 Å². The Hall–Kier alpha value is -1.80. The summed E-state index contributed by atoms with van der Waals surface area (Å²) in [6.07, 6.45) is 3.08. The van der Waals surface area contributed by atoms with E-state index in [4.69, 9.17) is 11.6 Å². The van der Waals surface area contributed by atoms with E-state index in [2.05, 4.69) is 42.5 Å². The van der Waals surface area contributed by atoms with Gasteiger partial charge in [0.2, 0.25) is 0 Å². The lowest BCUT2D eigenvalue weighted by molar-refractivity contribution is 0.513. The quantitative estimate of drug-likeness (QED) is 0.675. The summed E-state index contributed by atoms with van der Waals surface area (Å²) >= 11 is 6.02. The van der Waals surface area contributed by atoms with Gasteiger partial charge in [-0.3, -0.25) is 4.68 Å². The van der Waals surface area contributed by atoms with Crippen LogP contribution in [0.3, 0.4) is 0 Å². The maximum Gasteiger partial charge on any atom is 0.0924 e. The van der Waals surface area contributed by atoms with Crippen LogP contribution in [-0.4, -0.2) is 9.78 Å². The molecule has 1 unspecified atom stereocenters. The van der Waals surface area contributed by atoms with E-state index < -0.39 is 0 Å². The molecule has 0 saturated heterocycles. The van der Waals surface area contributed by atoms with Crippen molar-refractivity contribution in [2.45, 2.75) is 19.4 Å². The molecule has 0 bridgehead atoms. The Balaban J connectivity index is 2.07. The van der Waals surface area contributed by atoms with Crippen molar-refractivity contribution >= 4 is 22.5 Å². The zero-order chi connectivity index (χ0) is 13.2. The van der Waals surface area contributed by atoms with Crippen LogP contribution in [0.5, 0.6) is 0 Å². The SMILES string of the molecule is CCC(c1ccccc1)n1cc2cc(Cl)ccc2n1. The van der Waals surface area contributed by atoms with E-state index in [9.17, 15) is 0 Å². The summed E-state index contributed by atoms with van der Waals surface area (Å²) in [5, 5.41) is 6.49. The molecule has 0 amide bonds. The van der Waals surface area contributed by atoms with Gasteiger partial charge >= 0.3 is 0 Å². The first kappa shape index (κ1) is 12.2. The first-order valence-corrected chi connectivity index (χ1v) is 6.85. The lowest BCUT2D eigenvalue weighted by atomic mass is 10.1. The minimum Gasteiger partial charge on any atom is -0.264 e. The van der Waals surface area contributed by atoms with Gasteiger partial charge in [0.05, 0.1) is 11.6 Å². The van der Waals surface area contributed by atoms with Crippen LogP contribution in [0.25, 0.3) is 10.9 Å². The molecule has 0 spiro atoms. The molecule has 1 atom stereocenters. The first-order valence-electron chi connectivity index (χ1n) is 6.47. The van der Waals surface area contributed by atoms with Crippen molar-refractivity contribution < 1.29 is 0 Å². The average molecular weight is 271 g/mol. The van der Waals surface area contributed by atoms with E-state index in [1.54, 1.807) is 0 Å². The van der Waals surface area contributed by atoms with Gasteiger partial charge in [-0.15, -0.1) is 0 Å². The molecule has 2 nitrogen and oxygen atoms in total. The molecule has 3 heteroatoms. The Morgan fingerprint density at radius 3 is 2.68 bits per heavy atom. The predicted octanol–water partition coefficient (Wildman–Crippen LogP) is 4.69. The zero-order valence-corrected chi connectivity index (χ0v) is 11.5. The van der Waals surface area contributed by atoms with E-state index in [1.807, 2.05) is 28.9 Å². The van der Waals surface area contributed by atoms with Crippen molar-refractivity contribution in [1.29, 1.82) is 0 Å². The van der Waals surface area contributed by atoms with Crippen molar-refractivity contribution in [1.82, 2.24) is 9.78 Å². The molecule has 0 N–H and O–H groups in total. The standard InChI is InChI=1S/C16H15ClN2/c1-2-16(12-6-4-3-5-7-12)19-11-13-10-14(17)8-9-15(13)18-19/h3-11,16H,2H2,1H3. The molecule has 96 valence electrons. The molecular formula is C16H15ClN2. The molecule has 3 aromatic rings. The summed E-state index contributed by atoms with van der Waals surface area (Å²) in [5.41, 5.74) is 2.27. The molecule has 19 heavy (non-hydrogen) atoms. The summed E-state index contributed by atoms with van der Waals surface area (Å²) in [6.45, 7) is 2.18. The van der Waals surface area contributed by atoms with Crippen LogP contribution in [0.15, 0.2) is 54.7 Å². The summed E-state index contributed by atoms with van der Waals surface area (Å²) < 4.78 is 2.04. The summed E-state index contributed by atoms with van der Waals surface area (Å²) in [4.78, 5) is 0. The number of halogens is 1. The predicted molar refractivity (Wildman–Crippen MR) is 79.6 cm³/mol. The lowest BCUT2D eigenvalue weighted by Crippen LogP contribution is -2.09. The van der Waals surface area contributed by atoms with Gasteiger partial charge in [0.15, 0.2) is 0 Å². The Labute approximate surface area is 117 Å². The van der Waals surface area contributed by atoms with Gasteiger partial charge in [-0.05, 0) is 30.2 Å². The van der Waals surface area contributed by atoms with Gasteiger partial charge in [0.25, 0.3) is 0 Å². The van der Waals surface area contributed by atoms with E-state index in [0.717, 1.165) is 22.3 Å². The Morgan fingerprint density at radius 1 is 1.16 bits per heavy atom. The zero-order valence-electron chi connectivity index (χ0n) is 10.8. The summed E-state index contributed by atoms with van der Waals surface area (Å²) in [6, 6.07) is 16.5. The Kier molecular flexibility index (Phi) is 3.26. The highest BCUT2D eigenvalue weighted by Crippen LogP contribution is 2.25. The van der Waals surface area contributed by atoms with E-state index >= 15 is 0 Å². The van der Waals surface area contributed by atoms with Crippen LogP contribution < -0.4 is 0 Å². The van der Waals surface area contributed by atoms with E-state index in [1.165, 1.54) is 5.56 Å². The fourth-order valence-electron chi connectivity index (χ4n) is 2.43. The lowest BCUT2D eigenvalue weighted by Gasteiger charge is -2.15. The first-order chi connectivity index (χ1) is 9.28. The van der Waals surface area contributed by atoms with Gasteiger partial charge in [-0.1, -0.05) is 48.9 Å². The molecule has 0 aliphatic rings. The largest absolute Gasteiger partial charge is 0.264 e. The smallest absolute Gasteiger partial charge is 0.0924 e. The number of nitrogens with zero attached hydrogens (tertiary/aromatic N) is 2. The van der Waals surface area contributed by atoms with Gasteiger partial charge in [-0.2, -0.15) is 5.10 Å². The van der Waals surface area contributed by atoms with Crippen LogP contribution >= 0.6 is 11.6 Å². The summed E-state index contributed by atoms with van der Waals surface area (Å²) in [7, 11) is 0. The van der Waals surface area contributed by atoms with Gasteiger partial charge in [0.1, 0.15) is 0 Å². The third-order valence-electron chi connectivity index (χ3n) is 3.37. The molecule has 3 rings (SSSR count). The second kappa shape index (κ2) is 5.06. The number of hydrogen-bond donors (Lipinski definition) is 0. The minimum atomic E-state index is 0.271. The molecule has 0 aliphatic carbocycles. The van der Waals surface area contributed by atoms with Crippen LogP contribution in [0.4, 0.5) is 0 Å². The highest BCUT2D eigenvalue weighted by Gasteiger charge is 2.13. The molecule has 1 heterocycles. The fourth-order valence-corrected chi connectivity index (χ4v) is 2.61. The van der Waals surface area contributed by atoms with E-state index in [0.29, 0.717) is 0 Å². The van der Waals surface area contributed by atoms with Gasteiger partial charge < -0.3 is 0 Å². The second-order valence-corrected chi connectivity index (χ2v) is 5.08. The number of aromatic nitrogens is 2. The third-order valence-corrected chi connectivity index (χ3v) is 3.61. The minimum absolute atomic E-state index is 0.271. The third kappa shape index (κ3) is 2.36. The number of hydrogen-bond acceptors (Lipinski definition) is 1. The Morgan fingerprint density at radius 2 is 1.95 bits per heavy atom. The normalized spacial score (nSPS) is 12.7. The van der Waals surface area contributed by atoms with Crippen molar-refractivity contribution in [2.24, 2.45) is 0 Å². The highest BCUT2D eigenvalue weighted by atomic mass is 35.5. The van der Waals surface area contributed by atoms with Crippen LogP contribution in [0, 0.1) is 0 Å². The number of rotatable bonds is 3. The van der Waals surface area contributed by atoms with Crippen LogP contribution in [0.2, 0.25) is 5.02 Å². The molecular weight excluding hydrogens is 256 g/mol. The van der Waals surface area contributed by atoms with Crippen LogP contribution in [-0.2, 0) is 0 Å². The van der Waals surface area contributed by atoms with Crippen molar-refractivity contribution in [3.05, 3.63) is 65.3 Å². The monoisotopic (exact) mass is 270 g/mol. The molecule has 0 radical (unpaired) electrons.